The summed E-state index contributed by atoms with van der Waals surface area (Å²) in [6, 6.07) is 7.29. The van der Waals surface area contributed by atoms with Gasteiger partial charge in [0.1, 0.15) is 0 Å². The number of hydrogen-bond donors (Lipinski definition) is 0. The van der Waals surface area contributed by atoms with Gasteiger partial charge in [0.25, 0.3) is 0 Å². The zero-order chi connectivity index (χ0) is 11.5. The van der Waals surface area contributed by atoms with E-state index < -0.39 is 0 Å². The first-order chi connectivity index (χ1) is 7.72. The minimum Gasteiger partial charge on any atom is -0.371 e. The Morgan fingerprint density at radius 1 is 1.31 bits per heavy atom. The number of rotatable bonds is 3. The maximum Gasteiger partial charge on any atom is 0.0474 e. The Hall–Kier alpha value is -0.690. The number of hydrogen-bond acceptors (Lipinski definition) is 1. The summed E-state index contributed by atoms with van der Waals surface area (Å²) in [4.78, 5) is 2.44. The zero-order valence-corrected chi connectivity index (χ0v) is 10.9. The van der Waals surface area contributed by atoms with E-state index in [1.54, 1.807) is 0 Å². The molecular weight excluding hydrogens is 218 g/mol. The summed E-state index contributed by atoms with van der Waals surface area (Å²) in [5.41, 5.74) is 3.91. The fraction of sp³-hybridized carbons (Fsp3) is 0.571. The highest BCUT2D eigenvalue weighted by atomic mass is 35.5. The number of halogens is 1. The molecule has 2 rings (SSSR count). The summed E-state index contributed by atoms with van der Waals surface area (Å²) < 4.78 is 0. The molecule has 0 amide bonds. The number of anilines is 1. The normalized spacial score (nSPS) is 16.7. The third-order valence-electron chi connectivity index (χ3n) is 3.67. The molecule has 0 atom stereocenters. The van der Waals surface area contributed by atoms with Crippen molar-refractivity contribution in [3.05, 3.63) is 29.3 Å². The van der Waals surface area contributed by atoms with Crippen LogP contribution in [0.3, 0.4) is 0 Å². The van der Waals surface area contributed by atoms with Crippen LogP contribution in [0.4, 0.5) is 5.69 Å². The number of benzene rings is 1. The van der Waals surface area contributed by atoms with Crippen molar-refractivity contribution in [3.63, 3.8) is 0 Å². The fourth-order valence-electron chi connectivity index (χ4n) is 2.68. The van der Waals surface area contributed by atoms with Crippen LogP contribution in [0.1, 0.15) is 36.8 Å². The second-order valence-corrected chi connectivity index (χ2v) is 5.07. The van der Waals surface area contributed by atoms with Gasteiger partial charge in [-0.25, -0.2) is 0 Å². The lowest BCUT2D eigenvalue weighted by Gasteiger charge is -2.28. The summed E-state index contributed by atoms with van der Waals surface area (Å²) in [5.74, 6) is 0.605. The average molecular weight is 238 g/mol. The molecule has 2 heteroatoms. The first-order valence-corrected chi connectivity index (χ1v) is 6.64. The summed E-state index contributed by atoms with van der Waals surface area (Å²) in [6.45, 7) is 2.18. The molecule has 1 aliphatic carbocycles. The monoisotopic (exact) mass is 237 g/mol. The van der Waals surface area contributed by atoms with E-state index in [4.69, 9.17) is 11.6 Å². The van der Waals surface area contributed by atoms with Gasteiger partial charge in [-0.2, -0.15) is 0 Å². The molecule has 0 heterocycles. The lowest BCUT2D eigenvalue weighted by Crippen LogP contribution is -2.29. The van der Waals surface area contributed by atoms with Gasteiger partial charge in [-0.1, -0.05) is 25.0 Å². The molecule has 0 spiro atoms. The van der Waals surface area contributed by atoms with Crippen LogP contribution >= 0.6 is 11.6 Å². The van der Waals surface area contributed by atoms with E-state index in [0.29, 0.717) is 5.88 Å². The van der Waals surface area contributed by atoms with E-state index in [-0.39, 0.29) is 0 Å². The molecule has 0 bridgehead atoms. The van der Waals surface area contributed by atoms with Gasteiger partial charge in [0, 0.05) is 24.7 Å². The maximum atomic E-state index is 5.84. The molecule has 1 saturated carbocycles. The van der Waals surface area contributed by atoms with Gasteiger partial charge >= 0.3 is 0 Å². The SMILES string of the molecule is Cc1cc(CCl)ccc1N(C)C1CCCC1. The summed E-state index contributed by atoms with van der Waals surface area (Å²) in [6.07, 6.45) is 5.45. The van der Waals surface area contributed by atoms with Crippen LogP contribution in [-0.2, 0) is 5.88 Å². The highest BCUT2D eigenvalue weighted by Gasteiger charge is 2.20. The Morgan fingerprint density at radius 2 is 2.00 bits per heavy atom. The van der Waals surface area contributed by atoms with Gasteiger partial charge in [-0.3, -0.25) is 0 Å². The van der Waals surface area contributed by atoms with Crippen LogP contribution in [0.2, 0.25) is 0 Å². The number of aryl methyl sites for hydroxylation is 1. The predicted octanol–water partition coefficient (Wildman–Crippen LogP) is 4.11. The molecule has 1 nitrogen and oxygen atoms in total. The molecule has 1 fully saturated rings. The van der Waals surface area contributed by atoms with Gasteiger partial charge in [-0.15, -0.1) is 11.6 Å². The molecule has 0 unspecified atom stereocenters. The molecule has 0 saturated heterocycles. The second-order valence-electron chi connectivity index (χ2n) is 4.80. The van der Waals surface area contributed by atoms with Crippen LogP contribution in [0.5, 0.6) is 0 Å². The number of alkyl halides is 1. The Bertz CT molecular complexity index is 356. The summed E-state index contributed by atoms with van der Waals surface area (Å²) in [7, 11) is 2.22. The van der Waals surface area contributed by atoms with Gasteiger partial charge in [0.15, 0.2) is 0 Å². The topological polar surface area (TPSA) is 3.24 Å². The predicted molar refractivity (Wildman–Crippen MR) is 71.4 cm³/mol. The molecule has 1 aliphatic rings. The highest BCUT2D eigenvalue weighted by molar-refractivity contribution is 6.17. The van der Waals surface area contributed by atoms with Crippen molar-refractivity contribution in [1.82, 2.24) is 0 Å². The quantitative estimate of drug-likeness (QED) is 0.715. The third-order valence-corrected chi connectivity index (χ3v) is 3.98. The standard InChI is InChI=1S/C14H20ClN/c1-11-9-12(10-15)7-8-14(11)16(2)13-5-3-4-6-13/h7-9,13H,3-6,10H2,1-2H3. The van der Waals surface area contributed by atoms with E-state index in [0.717, 1.165) is 6.04 Å². The lowest BCUT2D eigenvalue weighted by molar-refractivity contribution is 0.652. The average Bonchev–Trinajstić information content (AvgIpc) is 2.81. The van der Waals surface area contributed by atoms with Crippen molar-refractivity contribution in [2.24, 2.45) is 0 Å². The van der Waals surface area contributed by atoms with E-state index in [2.05, 4.69) is 37.1 Å². The number of nitrogens with zero attached hydrogens (tertiary/aromatic N) is 1. The molecule has 1 aromatic rings. The van der Waals surface area contributed by atoms with Crippen LogP contribution in [0, 0.1) is 6.92 Å². The molecule has 0 aliphatic heterocycles. The van der Waals surface area contributed by atoms with E-state index in [1.807, 2.05) is 0 Å². The first kappa shape index (κ1) is 11.8. The molecule has 0 N–H and O–H groups in total. The van der Waals surface area contributed by atoms with Gasteiger partial charge < -0.3 is 4.90 Å². The Balaban J connectivity index is 2.19. The van der Waals surface area contributed by atoms with Crippen molar-refractivity contribution in [1.29, 1.82) is 0 Å². The van der Waals surface area contributed by atoms with Crippen molar-refractivity contribution in [2.45, 2.75) is 44.5 Å². The lowest BCUT2D eigenvalue weighted by atomic mass is 10.1. The van der Waals surface area contributed by atoms with Gasteiger partial charge in [-0.05, 0) is 37.0 Å². The maximum absolute atomic E-state index is 5.84. The van der Waals surface area contributed by atoms with Crippen LogP contribution in [0.25, 0.3) is 0 Å². The van der Waals surface area contributed by atoms with Crippen LogP contribution in [0.15, 0.2) is 18.2 Å². The Morgan fingerprint density at radius 3 is 2.56 bits per heavy atom. The molecule has 0 aromatic heterocycles. The molecule has 88 valence electrons. The van der Waals surface area contributed by atoms with Crippen molar-refractivity contribution in [3.8, 4) is 0 Å². The van der Waals surface area contributed by atoms with E-state index in [1.165, 1.54) is 42.5 Å². The smallest absolute Gasteiger partial charge is 0.0474 e. The largest absolute Gasteiger partial charge is 0.371 e. The van der Waals surface area contributed by atoms with Gasteiger partial charge in [0.05, 0.1) is 0 Å². The Kier molecular flexibility index (Phi) is 3.75. The molecule has 0 radical (unpaired) electrons. The van der Waals surface area contributed by atoms with E-state index in [9.17, 15) is 0 Å². The Labute approximate surface area is 103 Å². The summed E-state index contributed by atoms with van der Waals surface area (Å²) in [5, 5.41) is 0. The van der Waals surface area contributed by atoms with Crippen molar-refractivity contribution >= 4 is 17.3 Å². The van der Waals surface area contributed by atoms with E-state index >= 15 is 0 Å². The second kappa shape index (κ2) is 5.09. The first-order valence-electron chi connectivity index (χ1n) is 6.10. The van der Waals surface area contributed by atoms with Crippen molar-refractivity contribution < 1.29 is 0 Å². The van der Waals surface area contributed by atoms with Crippen LogP contribution < -0.4 is 4.90 Å². The van der Waals surface area contributed by atoms with Gasteiger partial charge in [0.2, 0.25) is 0 Å². The zero-order valence-electron chi connectivity index (χ0n) is 10.2. The third kappa shape index (κ3) is 2.35. The minimum absolute atomic E-state index is 0.605. The molecule has 16 heavy (non-hydrogen) atoms. The van der Waals surface area contributed by atoms with Crippen molar-refractivity contribution in [2.75, 3.05) is 11.9 Å². The molecule has 1 aromatic carbocycles. The summed E-state index contributed by atoms with van der Waals surface area (Å²) >= 11 is 5.84. The highest BCUT2D eigenvalue weighted by Crippen LogP contribution is 2.29. The van der Waals surface area contributed by atoms with Crippen LogP contribution in [-0.4, -0.2) is 13.1 Å². The minimum atomic E-state index is 0.605. The molecular formula is C14H20ClN. The fourth-order valence-corrected chi connectivity index (χ4v) is 2.85.